The lowest BCUT2D eigenvalue weighted by molar-refractivity contribution is -0.138. The van der Waals surface area contributed by atoms with E-state index >= 15 is 0 Å². The molecular formula is C26H31ClN2O5. The Balaban J connectivity index is 1.75. The summed E-state index contributed by atoms with van der Waals surface area (Å²) in [6.07, 6.45) is 2.21. The Labute approximate surface area is 205 Å². The Kier molecular flexibility index (Phi) is 8.20. The van der Waals surface area contributed by atoms with Crippen LogP contribution in [0.15, 0.2) is 36.4 Å². The zero-order valence-electron chi connectivity index (χ0n) is 20.0. The highest BCUT2D eigenvalue weighted by Crippen LogP contribution is 2.38. The van der Waals surface area contributed by atoms with Gasteiger partial charge in [0.15, 0.2) is 11.5 Å². The average Bonchev–Trinajstić information content (AvgIpc) is 2.80. The molecule has 2 aromatic rings. The lowest BCUT2D eigenvalue weighted by Gasteiger charge is -2.35. The van der Waals surface area contributed by atoms with Crippen molar-refractivity contribution in [3.8, 4) is 11.5 Å². The molecule has 1 saturated heterocycles. The van der Waals surface area contributed by atoms with Crippen molar-refractivity contribution in [1.29, 1.82) is 0 Å². The van der Waals surface area contributed by atoms with Gasteiger partial charge in [0, 0.05) is 17.7 Å². The van der Waals surface area contributed by atoms with Crippen LogP contribution in [0.2, 0.25) is 5.02 Å². The molecule has 7 nitrogen and oxygen atoms in total. The van der Waals surface area contributed by atoms with Crippen LogP contribution in [0.1, 0.15) is 62.4 Å². The van der Waals surface area contributed by atoms with Gasteiger partial charge >= 0.3 is 0 Å². The first kappa shape index (κ1) is 25.6. The first-order valence-corrected chi connectivity index (χ1v) is 11.8. The van der Waals surface area contributed by atoms with Crippen molar-refractivity contribution in [3.05, 3.63) is 52.5 Å². The van der Waals surface area contributed by atoms with E-state index in [0.717, 1.165) is 12.0 Å². The lowest BCUT2D eigenvalue weighted by Crippen LogP contribution is -2.51. The number of carbonyl (C=O) groups excluding carboxylic acids is 3. The van der Waals surface area contributed by atoms with Crippen LogP contribution in [0, 0.1) is 5.92 Å². The number of piperidine rings is 1. The standard InChI is InChI=1S/C26H31ClN2O5/c1-5-26(12-10-22(30)29-25(26)32)18-6-8-19(9-7-18)28-24(31)17-14-20(27)23(21(15-17)33-4)34-13-11-16(2)3/h6-9,14-16H,5,10-13H2,1-4H3,(H,28,31)(H,29,30,32). The largest absolute Gasteiger partial charge is 0.493 e. The molecule has 1 fully saturated rings. The number of ether oxygens (including phenoxy) is 2. The van der Waals surface area contributed by atoms with Crippen LogP contribution in [-0.2, 0) is 15.0 Å². The van der Waals surface area contributed by atoms with Crippen molar-refractivity contribution >= 4 is 35.0 Å². The number of halogens is 1. The number of rotatable bonds is 9. The molecule has 0 aliphatic carbocycles. The maximum absolute atomic E-state index is 12.9. The average molecular weight is 487 g/mol. The van der Waals surface area contributed by atoms with Crippen molar-refractivity contribution in [2.45, 2.75) is 51.9 Å². The normalized spacial score (nSPS) is 17.9. The van der Waals surface area contributed by atoms with Crippen LogP contribution < -0.4 is 20.1 Å². The summed E-state index contributed by atoms with van der Waals surface area (Å²) in [4.78, 5) is 37.0. The summed E-state index contributed by atoms with van der Waals surface area (Å²) in [5.41, 5.74) is 0.963. The Morgan fingerprint density at radius 3 is 2.50 bits per heavy atom. The molecule has 3 rings (SSSR count). The fourth-order valence-electron chi connectivity index (χ4n) is 4.03. The number of nitrogens with one attached hydrogen (secondary N) is 2. The fourth-order valence-corrected chi connectivity index (χ4v) is 4.29. The Bertz CT molecular complexity index is 1070. The van der Waals surface area contributed by atoms with Gasteiger partial charge in [-0.15, -0.1) is 0 Å². The van der Waals surface area contributed by atoms with Gasteiger partial charge in [-0.05, 0) is 55.0 Å². The predicted molar refractivity (Wildman–Crippen MR) is 132 cm³/mol. The summed E-state index contributed by atoms with van der Waals surface area (Å²) < 4.78 is 11.2. The Morgan fingerprint density at radius 1 is 1.21 bits per heavy atom. The second-order valence-electron chi connectivity index (χ2n) is 8.86. The van der Waals surface area contributed by atoms with E-state index in [0.29, 0.717) is 59.6 Å². The number of anilines is 1. The highest BCUT2D eigenvalue weighted by molar-refractivity contribution is 6.32. The van der Waals surface area contributed by atoms with E-state index < -0.39 is 5.41 Å². The molecule has 1 aliphatic heterocycles. The summed E-state index contributed by atoms with van der Waals surface area (Å²) in [7, 11) is 1.50. The van der Waals surface area contributed by atoms with Gasteiger partial charge in [0.05, 0.1) is 24.2 Å². The van der Waals surface area contributed by atoms with Gasteiger partial charge in [0.2, 0.25) is 11.8 Å². The van der Waals surface area contributed by atoms with Crippen LogP contribution in [0.3, 0.4) is 0 Å². The molecule has 0 spiro atoms. The highest BCUT2D eigenvalue weighted by Gasteiger charge is 2.42. The van der Waals surface area contributed by atoms with Crippen LogP contribution >= 0.6 is 11.6 Å². The molecule has 0 aromatic heterocycles. The van der Waals surface area contributed by atoms with Crippen LogP contribution in [-0.4, -0.2) is 31.4 Å². The molecule has 182 valence electrons. The Morgan fingerprint density at radius 2 is 1.91 bits per heavy atom. The summed E-state index contributed by atoms with van der Waals surface area (Å²) in [6, 6.07) is 10.3. The van der Waals surface area contributed by atoms with E-state index in [-0.39, 0.29) is 17.7 Å². The Hall–Kier alpha value is -3.06. The van der Waals surface area contributed by atoms with Gasteiger partial charge < -0.3 is 14.8 Å². The number of hydrogen-bond donors (Lipinski definition) is 2. The summed E-state index contributed by atoms with van der Waals surface area (Å²) in [6.45, 7) is 6.64. The number of hydrogen-bond acceptors (Lipinski definition) is 5. The summed E-state index contributed by atoms with van der Waals surface area (Å²) >= 11 is 6.39. The van der Waals surface area contributed by atoms with E-state index in [1.54, 1.807) is 24.3 Å². The molecule has 1 aliphatic rings. The number of carbonyl (C=O) groups is 3. The van der Waals surface area contributed by atoms with Crippen molar-refractivity contribution in [3.63, 3.8) is 0 Å². The van der Waals surface area contributed by atoms with Crippen LogP contribution in [0.4, 0.5) is 5.69 Å². The first-order valence-electron chi connectivity index (χ1n) is 11.5. The molecule has 8 heteroatoms. The van der Waals surface area contributed by atoms with Gasteiger partial charge in [-0.3, -0.25) is 19.7 Å². The van der Waals surface area contributed by atoms with Crippen molar-refractivity contribution in [2.24, 2.45) is 5.92 Å². The maximum atomic E-state index is 12.9. The second-order valence-corrected chi connectivity index (χ2v) is 9.27. The van der Waals surface area contributed by atoms with Crippen molar-refractivity contribution in [1.82, 2.24) is 5.32 Å². The third-order valence-electron chi connectivity index (χ3n) is 6.20. The molecule has 2 aromatic carbocycles. The quantitative estimate of drug-likeness (QED) is 0.480. The van der Waals surface area contributed by atoms with Gasteiger partial charge in [0.25, 0.3) is 5.91 Å². The molecule has 1 heterocycles. The zero-order chi connectivity index (χ0) is 24.9. The molecule has 3 amide bonds. The number of benzene rings is 2. The molecular weight excluding hydrogens is 456 g/mol. The predicted octanol–water partition coefficient (Wildman–Crippen LogP) is 5.11. The molecule has 1 unspecified atom stereocenters. The SMILES string of the molecule is CCC1(c2ccc(NC(=O)c3cc(Cl)c(OCCC(C)C)c(OC)c3)cc2)CCC(=O)NC1=O. The number of imide groups is 1. The zero-order valence-corrected chi connectivity index (χ0v) is 20.8. The van der Waals surface area contributed by atoms with Crippen molar-refractivity contribution < 1.29 is 23.9 Å². The summed E-state index contributed by atoms with van der Waals surface area (Å²) in [5, 5.41) is 5.59. The molecule has 0 bridgehead atoms. The second kappa shape index (κ2) is 10.9. The minimum absolute atomic E-state index is 0.247. The first-order chi connectivity index (χ1) is 16.2. The molecule has 34 heavy (non-hydrogen) atoms. The monoisotopic (exact) mass is 486 g/mol. The van der Waals surface area contributed by atoms with Gasteiger partial charge in [-0.2, -0.15) is 0 Å². The van der Waals surface area contributed by atoms with Crippen LogP contribution in [0.25, 0.3) is 0 Å². The van der Waals surface area contributed by atoms with Crippen molar-refractivity contribution in [2.75, 3.05) is 19.0 Å². The molecule has 0 radical (unpaired) electrons. The van der Waals surface area contributed by atoms with Gasteiger partial charge in [-0.1, -0.05) is 44.5 Å². The fraction of sp³-hybridized carbons (Fsp3) is 0.423. The van der Waals surface area contributed by atoms with Gasteiger partial charge in [0.1, 0.15) is 0 Å². The molecule has 0 saturated carbocycles. The summed E-state index contributed by atoms with van der Waals surface area (Å²) in [5.74, 6) is 0.416. The van der Waals surface area contributed by atoms with E-state index in [2.05, 4.69) is 24.5 Å². The molecule has 1 atom stereocenters. The topological polar surface area (TPSA) is 93.7 Å². The highest BCUT2D eigenvalue weighted by atomic mass is 35.5. The minimum atomic E-state index is -0.747. The van der Waals surface area contributed by atoms with E-state index in [1.807, 2.05) is 19.1 Å². The maximum Gasteiger partial charge on any atom is 0.255 e. The van der Waals surface area contributed by atoms with E-state index in [4.69, 9.17) is 21.1 Å². The number of amides is 3. The number of methoxy groups -OCH3 is 1. The smallest absolute Gasteiger partial charge is 0.255 e. The van der Waals surface area contributed by atoms with E-state index in [1.165, 1.54) is 7.11 Å². The van der Waals surface area contributed by atoms with Crippen LogP contribution in [0.5, 0.6) is 11.5 Å². The molecule has 2 N–H and O–H groups in total. The van der Waals surface area contributed by atoms with Gasteiger partial charge in [-0.25, -0.2) is 0 Å². The lowest BCUT2D eigenvalue weighted by atomic mass is 9.72. The van der Waals surface area contributed by atoms with E-state index in [9.17, 15) is 14.4 Å². The third-order valence-corrected chi connectivity index (χ3v) is 6.48. The minimum Gasteiger partial charge on any atom is -0.493 e. The third kappa shape index (κ3) is 5.53.